The minimum atomic E-state index is -0.138. The van der Waals surface area contributed by atoms with Gasteiger partial charge in [0.15, 0.2) is 0 Å². The molecule has 4 rings (SSSR count). The molecule has 2 heterocycles. The van der Waals surface area contributed by atoms with Gasteiger partial charge in [0.25, 0.3) is 5.91 Å². The fourth-order valence-corrected chi connectivity index (χ4v) is 4.38. The molecule has 0 unspecified atom stereocenters. The summed E-state index contributed by atoms with van der Waals surface area (Å²) in [6.07, 6.45) is 6.90. The van der Waals surface area contributed by atoms with Crippen LogP contribution in [0.3, 0.4) is 0 Å². The van der Waals surface area contributed by atoms with Crippen LogP contribution in [0.4, 0.5) is 5.69 Å². The number of carbonyl (C=O) groups is 2. The van der Waals surface area contributed by atoms with E-state index in [0.717, 1.165) is 24.9 Å². The number of anilines is 1. The lowest BCUT2D eigenvalue weighted by Gasteiger charge is -2.36. The lowest BCUT2D eigenvalue weighted by molar-refractivity contribution is -0.117. The Morgan fingerprint density at radius 3 is 2.63 bits per heavy atom. The van der Waals surface area contributed by atoms with Crippen LogP contribution in [-0.4, -0.2) is 77.6 Å². The van der Waals surface area contributed by atoms with Gasteiger partial charge >= 0.3 is 0 Å². The van der Waals surface area contributed by atoms with E-state index >= 15 is 0 Å². The number of nitrogens with zero attached hydrogens (tertiary/aromatic N) is 4. The van der Waals surface area contributed by atoms with Crippen molar-refractivity contribution in [1.82, 2.24) is 19.8 Å². The Labute approximate surface area is 206 Å². The minimum Gasteiger partial charge on any atom is -0.491 e. The van der Waals surface area contributed by atoms with Crippen molar-refractivity contribution in [2.75, 3.05) is 39.2 Å². The van der Waals surface area contributed by atoms with Crippen LogP contribution in [-0.2, 0) is 16.1 Å². The SMILES string of the molecule is CO[C@H]1CN(C)C(=O)c2ccc(NC(=O)C3CC3)cc2OC[C@@H](C)N(Cc2cncnc2)C[C@@H]1C. The fourth-order valence-electron chi connectivity index (χ4n) is 4.38. The number of amides is 2. The van der Waals surface area contributed by atoms with Gasteiger partial charge in [0.1, 0.15) is 18.7 Å². The van der Waals surface area contributed by atoms with Gasteiger partial charge in [-0.25, -0.2) is 9.97 Å². The molecule has 9 nitrogen and oxygen atoms in total. The highest BCUT2D eigenvalue weighted by Gasteiger charge is 2.31. The van der Waals surface area contributed by atoms with Crippen LogP contribution in [0.15, 0.2) is 36.9 Å². The molecule has 0 bridgehead atoms. The normalized spacial score (nSPS) is 24.1. The van der Waals surface area contributed by atoms with E-state index in [9.17, 15) is 9.59 Å². The number of aromatic nitrogens is 2. The summed E-state index contributed by atoms with van der Waals surface area (Å²) in [7, 11) is 3.47. The number of hydrogen-bond donors (Lipinski definition) is 1. The largest absolute Gasteiger partial charge is 0.491 e. The van der Waals surface area contributed by atoms with Crippen molar-refractivity contribution in [1.29, 1.82) is 0 Å². The molecule has 0 spiro atoms. The van der Waals surface area contributed by atoms with Crippen molar-refractivity contribution in [2.45, 2.75) is 45.4 Å². The highest BCUT2D eigenvalue weighted by atomic mass is 16.5. The Hall–Kier alpha value is -3.04. The molecule has 35 heavy (non-hydrogen) atoms. The molecule has 2 amide bonds. The third kappa shape index (κ3) is 6.35. The highest BCUT2D eigenvalue weighted by molar-refractivity contribution is 5.99. The second-order valence-corrected chi connectivity index (χ2v) is 9.75. The Morgan fingerprint density at radius 2 is 1.94 bits per heavy atom. The average Bonchev–Trinajstić information content (AvgIpc) is 3.71. The standard InChI is InChI=1S/C26H35N5O4/c1-17-12-31(13-19-10-27-16-28-11-19)18(2)15-35-23-9-21(29-25(32)20-5-6-20)7-8-22(23)26(33)30(3)14-24(17)34-4/h7-11,16-18,20,24H,5-6,12-15H2,1-4H3,(H,29,32)/t17-,18+,24-/m0/s1. The van der Waals surface area contributed by atoms with Crippen LogP contribution < -0.4 is 10.1 Å². The first-order valence-electron chi connectivity index (χ1n) is 12.2. The van der Waals surface area contributed by atoms with Crippen LogP contribution in [0.25, 0.3) is 0 Å². The van der Waals surface area contributed by atoms with Gasteiger partial charge in [-0.2, -0.15) is 0 Å². The first-order valence-corrected chi connectivity index (χ1v) is 12.2. The minimum absolute atomic E-state index is 0.0168. The van der Waals surface area contributed by atoms with Crippen molar-refractivity contribution in [3.63, 3.8) is 0 Å². The highest BCUT2D eigenvalue weighted by Crippen LogP contribution is 2.32. The maximum atomic E-state index is 13.3. The second kappa shape index (κ2) is 11.1. The first-order chi connectivity index (χ1) is 16.9. The zero-order valence-electron chi connectivity index (χ0n) is 20.9. The van der Waals surface area contributed by atoms with Gasteiger partial charge in [-0.1, -0.05) is 6.92 Å². The molecular weight excluding hydrogens is 446 g/mol. The molecule has 9 heteroatoms. The predicted molar refractivity (Wildman–Crippen MR) is 132 cm³/mol. The Bertz CT molecular complexity index is 1030. The summed E-state index contributed by atoms with van der Waals surface area (Å²) in [6.45, 7) is 6.50. The molecule has 1 aliphatic carbocycles. The number of ether oxygens (including phenoxy) is 2. The quantitative estimate of drug-likeness (QED) is 0.701. The van der Waals surface area contributed by atoms with E-state index in [4.69, 9.17) is 9.47 Å². The van der Waals surface area contributed by atoms with E-state index in [2.05, 4.69) is 34.0 Å². The maximum absolute atomic E-state index is 13.3. The van der Waals surface area contributed by atoms with E-state index in [1.807, 2.05) is 12.4 Å². The molecule has 1 saturated carbocycles. The molecule has 2 aromatic rings. The number of hydrogen-bond acceptors (Lipinski definition) is 7. The van der Waals surface area contributed by atoms with Gasteiger partial charge in [-0.05, 0) is 37.8 Å². The zero-order valence-corrected chi connectivity index (χ0v) is 20.9. The summed E-state index contributed by atoms with van der Waals surface area (Å²) in [4.78, 5) is 37.9. The molecule has 0 saturated heterocycles. The Kier molecular flexibility index (Phi) is 7.97. The van der Waals surface area contributed by atoms with Crippen molar-refractivity contribution >= 4 is 17.5 Å². The van der Waals surface area contributed by atoms with E-state index < -0.39 is 0 Å². The monoisotopic (exact) mass is 481 g/mol. The van der Waals surface area contributed by atoms with Gasteiger partial charge in [-0.3, -0.25) is 14.5 Å². The van der Waals surface area contributed by atoms with Crippen LogP contribution >= 0.6 is 0 Å². The number of benzene rings is 1. The molecule has 1 aromatic carbocycles. The summed E-state index contributed by atoms with van der Waals surface area (Å²) in [6, 6.07) is 5.30. The summed E-state index contributed by atoms with van der Waals surface area (Å²) in [5.41, 5.74) is 2.12. The maximum Gasteiger partial charge on any atom is 0.257 e. The zero-order chi connectivity index (χ0) is 24.9. The fraction of sp³-hybridized carbons (Fsp3) is 0.538. The number of rotatable bonds is 5. The lowest BCUT2D eigenvalue weighted by atomic mass is 10.0. The van der Waals surface area contributed by atoms with Crippen molar-refractivity contribution in [2.24, 2.45) is 11.8 Å². The molecule has 1 aliphatic heterocycles. The van der Waals surface area contributed by atoms with Crippen LogP contribution in [0.5, 0.6) is 5.75 Å². The molecule has 0 radical (unpaired) electrons. The van der Waals surface area contributed by atoms with Crippen molar-refractivity contribution in [3.8, 4) is 5.75 Å². The number of nitrogens with one attached hydrogen (secondary N) is 1. The van der Waals surface area contributed by atoms with Crippen LogP contribution in [0, 0.1) is 11.8 Å². The topological polar surface area (TPSA) is 96.9 Å². The first kappa shape index (κ1) is 25.1. The number of carbonyl (C=O) groups excluding carboxylic acids is 2. The number of likely N-dealkylation sites (N-methyl/N-ethyl adjacent to an activating group) is 1. The van der Waals surface area contributed by atoms with Gasteiger partial charge in [-0.15, -0.1) is 0 Å². The summed E-state index contributed by atoms with van der Waals surface area (Å²) in [5, 5.41) is 2.95. The summed E-state index contributed by atoms with van der Waals surface area (Å²) < 4.78 is 12.1. The molecule has 188 valence electrons. The van der Waals surface area contributed by atoms with E-state index in [1.165, 1.54) is 6.33 Å². The molecule has 1 N–H and O–H groups in total. The van der Waals surface area contributed by atoms with Crippen molar-refractivity contribution in [3.05, 3.63) is 48.0 Å². The van der Waals surface area contributed by atoms with Gasteiger partial charge in [0.2, 0.25) is 5.91 Å². The molecule has 1 aromatic heterocycles. The summed E-state index contributed by atoms with van der Waals surface area (Å²) in [5.74, 6) is 0.603. The van der Waals surface area contributed by atoms with Crippen molar-refractivity contribution < 1.29 is 19.1 Å². The smallest absolute Gasteiger partial charge is 0.257 e. The van der Waals surface area contributed by atoms with E-state index in [1.54, 1.807) is 37.3 Å². The lowest BCUT2D eigenvalue weighted by Crippen LogP contribution is -2.46. The molecular formula is C26H35N5O4. The second-order valence-electron chi connectivity index (χ2n) is 9.75. The Balaban J connectivity index is 1.62. The molecule has 2 aliphatic rings. The number of fused-ring (bicyclic) bond motifs is 1. The third-order valence-electron chi connectivity index (χ3n) is 6.79. The number of methoxy groups -OCH3 is 1. The van der Waals surface area contributed by atoms with E-state index in [0.29, 0.717) is 36.7 Å². The van der Waals surface area contributed by atoms with E-state index in [-0.39, 0.29) is 35.8 Å². The predicted octanol–water partition coefficient (Wildman–Crippen LogP) is 2.83. The van der Waals surface area contributed by atoms with Gasteiger partial charge in [0, 0.05) is 75.5 Å². The van der Waals surface area contributed by atoms with Gasteiger partial charge < -0.3 is 19.7 Å². The molecule has 1 fully saturated rings. The Morgan fingerprint density at radius 1 is 1.20 bits per heavy atom. The third-order valence-corrected chi connectivity index (χ3v) is 6.79. The van der Waals surface area contributed by atoms with Crippen LogP contribution in [0.2, 0.25) is 0 Å². The molecule has 3 atom stereocenters. The van der Waals surface area contributed by atoms with Gasteiger partial charge in [0.05, 0.1) is 11.7 Å². The summed E-state index contributed by atoms with van der Waals surface area (Å²) >= 11 is 0. The van der Waals surface area contributed by atoms with Crippen LogP contribution in [0.1, 0.15) is 42.6 Å². The average molecular weight is 482 g/mol.